The van der Waals surface area contributed by atoms with Crippen molar-refractivity contribution in [2.75, 3.05) is 0 Å². The highest BCUT2D eigenvalue weighted by atomic mass is 16.4. The van der Waals surface area contributed by atoms with Gasteiger partial charge in [0.1, 0.15) is 6.04 Å². The Morgan fingerprint density at radius 1 is 1.15 bits per heavy atom. The molecule has 1 saturated heterocycles. The predicted octanol–water partition coefficient (Wildman–Crippen LogP) is -0.656. The van der Waals surface area contributed by atoms with Gasteiger partial charge in [-0.05, 0) is 25.7 Å². The fraction of sp³-hybridized carbons (Fsp3) is 0.667. The monoisotopic (exact) mass is 283 g/mol. The SMILES string of the molecule is O=C1CCC(NC(=O)N[C@H]2CC[C@@H](C(=O)O)C2)C(=O)N1. The zero-order valence-corrected chi connectivity index (χ0v) is 10.8. The molecular weight excluding hydrogens is 266 g/mol. The third kappa shape index (κ3) is 3.46. The van der Waals surface area contributed by atoms with Crippen molar-refractivity contribution in [1.82, 2.24) is 16.0 Å². The van der Waals surface area contributed by atoms with E-state index >= 15 is 0 Å². The maximum Gasteiger partial charge on any atom is 0.315 e. The van der Waals surface area contributed by atoms with Gasteiger partial charge in [0.05, 0.1) is 5.92 Å². The first-order valence-electron chi connectivity index (χ1n) is 6.59. The second-order valence-corrected chi connectivity index (χ2v) is 5.17. The first-order valence-corrected chi connectivity index (χ1v) is 6.59. The third-order valence-corrected chi connectivity index (χ3v) is 3.66. The van der Waals surface area contributed by atoms with E-state index in [1.54, 1.807) is 0 Å². The molecule has 0 bridgehead atoms. The van der Waals surface area contributed by atoms with Gasteiger partial charge in [0, 0.05) is 12.5 Å². The van der Waals surface area contributed by atoms with Crippen LogP contribution in [0.3, 0.4) is 0 Å². The molecule has 8 nitrogen and oxygen atoms in total. The number of rotatable bonds is 3. The molecule has 2 aliphatic rings. The fourth-order valence-electron chi connectivity index (χ4n) is 2.55. The van der Waals surface area contributed by atoms with Gasteiger partial charge in [-0.25, -0.2) is 4.79 Å². The third-order valence-electron chi connectivity index (χ3n) is 3.66. The highest BCUT2D eigenvalue weighted by molar-refractivity contribution is 6.01. The van der Waals surface area contributed by atoms with Gasteiger partial charge < -0.3 is 15.7 Å². The highest BCUT2D eigenvalue weighted by Gasteiger charge is 2.32. The average Bonchev–Trinajstić information content (AvgIpc) is 2.81. The lowest BCUT2D eigenvalue weighted by Crippen LogP contribution is -2.55. The predicted molar refractivity (Wildman–Crippen MR) is 66.6 cm³/mol. The molecule has 1 aliphatic carbocycles. The Kier molecular flexibility index (Phi) is 4.21. The first-order chi connectivity index (χ1) is 9.45. The minimum Gasteiger partial charge on any atom is -0.481 e. The van der Waals surface area contributed by atoms with E-state index in [0.717, 1.165) is 0 Å². The van der Waals surface area contributed by atoms with Gasteiger partial charge in [-0.1, -0.05) is 0 Å². The standard InChI is InChI=1S/C12H17N3O5/c16-9-4-3-8(10(17)15-9)14-12(20)13-7-2-1-6(5-7)11(18)19/h6-8H,1-5H2,(H,18,19)(H2,13,14,20)(H,15,16,17)/t6-,7+,8?/m1/s1. The summed E-state index contributed by atoms with van der Waals surface area (Å²) in [6.45, 7) is 0. The van der Waals surface area contributed by atoms with Crippen molar-refractivity contribution in [2.24, 2.45) is 5.92 Å². The van der Waals surface area contributed by atoms with E-state index in [9.17, 15) is 19.2 Å². The van der Waals surface area contributed by atoms with Crippen LogP contribution < -0.4 is 16.0 Å². The summed E-state index contributed by atoms with van der Waals surface area (Å²) < 4.78 is 0. The summed E-state index contributed by atoms with van der Waals surface area (Å²) in [7, 11) is 0. The second-order valence-electron chi connectivity index (χ2n) is 5.17. The molecule has 110 valence electrons. The minimum absolute atomic E-state index is 0.190. The zero-order valence-electron chi connectivity index (χ0n) is 10.8. The van der Waals surface area contributed by atoms with Crippen molar-refractivity contribution in [2.45, 2.75) is 44.2 Å². The van der Waals surface area contributed by atoms with Gasteiger partial charge in [-0.3, -0.25) is 19.7 Å². The van der Waals surface area contributed by atoms with Crippen molar-refractivity contribution >= 4 is 23.8 Å². The number of hydrogen-bond donors (Lipinski definition) is 4. The van der Waals surface area contributed by atoms with Crippen LogP contribution in [0.25, 0.3) is 0 Å². The van der Waals surface area contributed by atoms with Gasteiger partial charge in [-0.15, -0.1) is 0 Å². The molecule has 20 heavy (non-hydrogen) atoms. The lowest BCUT2D eigenvalue weighted by molar-refractivity contribution is -0.141. The van der Waals surface area contributed by atoms with Crippen molar-refractivity contribution in [3.63, 3.8) is 0 Å². The van der Waals surface area contributed by atoms with Crippen molar-refractivity contribution in [3.8, 4) is 0 Å². The van der Waals surface area contributed by atoms with Crippen LogP contribution in [0.5, 0.6) is 0 Å². The number of carbonyl (C=O) groups is 4. The molecule has 1 aliphatic heterocycles. The van der Waals surface area contributed by atoms with Gasteiger partial charge in [0.2, 0.25) is 11.8 Å². The molecule has 0 radical (unpaired) electrons. The number of urea groups is 1. The Morgan fingerprint density at radius 3 is 2.50 bits per heavy atom. The largest absolute Gasteiger partial charge is 0.481 e. The van der Waals surface area contributed by atoms with E-state index < -0.39 is 29.9 Å². The molecule has 0 aromatic rings. The van der Waals surface area contributed by atoms with Crippen molar-refractivity contribution in [3.05, 3.63) is 0 Å². The Hall–Kier alpha value is -2.12. The summed E-state index contributed by atoms with van der Waals surface area (Å²) >= 11 is 0. The number of nitrogens with one attached hydrogen (secondary N) is 3. The normalized spacial score (nSPS) is 29.7. The number of carboxylic acids is 1. The molecule has 3 atom stereocenters. The molecule has 2 fully saturated rings. The molecule has 1 heterocycles. The number of carboxylic acid groups (broad SMARTS) is 1. The highest BCUT2D eigenvalue weighted by Crippen LogP contribution is 2.25. The molecule has 1 unspecified atom stereocenters. The van der Waals surface area contributed by atoms with Crippen molar-refractivity contribution < 1.29 is 24.3 Å². The Bertz CT molecular complexity index is 450. The van der Waals surface area contributed by atoms with Crippen LogP contribution in [0.15, 0.2) is 0 Å². The summed E-state index contributed by atoms with van der Waals surface area (Å²) in [5.41, 5.74) is 0. The smallest absolute Gasteiger partial charge is 0.315 e. The Morgan fingerprint density at radius 2 is 1.90 bits per heavy atom. The summed E-state index contributed by atoms with van der Waals surface area (Å²) in [4.78, 5) is 45.0. The minimum atomic E-state index is -0.847. The lowest BCUT2D eigenvalue weighted by atomic mass is 10.1. The van der Waals surface area contributed by atoms with E-state index in [0.29, 0.717) is 19.3 Å². The fourth-order valence-corrected chi connectivity index (χ4v) is 2.55. The molecule has 0 spiro atoms. The molecule has 4 amide bonds. The van der Waals surface area contributed by atoms with Crippen LogP contribution in [-0.4, -0.2) is 41.0 Å². The summed E-state index contributed by atoms with van der Waals surface area (Å²) in [5, 5.41) is 16.2. The average molecular weight is 283 g/mol. The quantitative estimate of drug-likeness (QED) is 0.512. The molecule has 0 aromatic carbocycles. The van der Waals surface area contributed by atoms with Gasteiger partial charge in [0.15, 0.2) is 0 Å². The number of piperidine rings is 1. The van der Waals surface area contributed by atoms with Gasteiger partial charge in [-0.2, -0.15) is 0 Å². The van der Waals surface area contributed by atoms with Crippen LogP contribution >= 0.6 is 0 Å². The van der Waals surface area contributed by atoms with Crippen LogP contribution in [0.4, 0.5) is 4.79 Å². The van der Waals surface area contributed by atoms with E-state index in [1.807, 2.05) is 0 Å². The van der Waals surface area contributed by atoms with E-state index in [1.165, 1.54) is 0 Å². The van der Waals surface area contributed by atoms with Crippen LogP contribution in [0, 0.1) is 5.92 Å². The van der Waals surface area contributed by atoms with Crippen LogP contribution in [-0.2, 0) is 14.4 Å². The molecule has 2 rings (SSSR count). The molecular formula is C12H17N3O5. The Balaban J connectivity index is 1.77. The summed E-state index contributed by atoms with van der Waals surface area (Å²) in [6.07, 6.45) is 2.03. The number of imide groups is 1. The first kappa shape index (κ1) is 14.3. The van der Waals surface area contributed by atoms with E-state index in [2.05, 4.69) is 16.0 Å². The number of aliphatic carboxylic acids is 1. The molecule has 1 saturated carbocycles. The topological polar surface area (TPSA) is 125 Å². The maximum atomic E-state index is 11.7. The summed E-state index contributed by atoms with van der Waals surface area (Å²) in [6, 6.07) is -1.41. The van der Waals surface area contributed by atoms with Crippen molar-refractivity contribution in [1.29, 1.82) is 0 Å². The van der Waals surface area contributed by atoms with Crippen LogP contribution in [0.1, 0.15) is 32.1 Å². The summed E-state index contributed by atoms with van der Waals surface area (Å²) in [5.74, 6) is -2.12. The number of amides is 4. The van der Waals surface area contributed by atoms with Gasteiger partial charge in [0.25, 0.3) is 0 Å². The molecule has 4 N–H and O–H groups in total. The van der Waals surface area contributed by atoms with Gasteiger partial charge >= 0.3 is 12.0 Å². The molecule has 8 heteroatoms. The Labute approximate surface area is 115 Å². The lowest BCUT2D eigenvalue weighted by Gasteiger charge is -2.23. The van der Waals surface area contributed by atoms with Crippen LogP contribution in [0.2, 0.25) is 0 Å². The number of carbonyl (C=O) groups excluding carboxylic acids is 3. The number of hydrogen-bond acceptors (Lipinski definition) is 4. The second kappa shape index (κ2) is 5.89. The maximum absolute atomic E-state index is 11.7. The molecule has 0 aromatic heterocycles. The zero-order chi connectivity index (χ0) is 14.7. The van der Waals surface area contributed by atoms with E-state index in [-0.39, 0.29) is 24.8 Å². The van der Waals surface area contributed by atoms with E-state index in [4.69, 9.17) is 5.11 Å².